The molecule has 1 aromatic rings. The van der Waals surface area contributed by atoms with Crippen LogP contribution in [0.15, 0.2) is 29.2 Å². The zero-order valence-electron chi connectivity index (χ0n) is 12.2. The number of hydrogen-bond donors (Lipinski definition) is 2. The maximum absolute atomic E-state index is 12.1. The van der Waals surface area contributed by atoms with E-state index in [0.717, 1.165) is 0 Å². The summed E-state index contributed by atoms with van der Waals surface area (Å²) < 4.78 is 32.1. The molecule has 3 N–H and O–H groups in total. The Labute approximate surface area is 121 Å². The molecule has 0 radical (unpaired) electrons. The molecule has 0 heterocycles. The number of nitrogens with one attached hydrogen (secondary N) is 1. The molecule has 114 valence electrons. The van der Waals surface area contributed by atoms with E-state index < -0.39 is 10.0 Å². The van der Waals surface area contributed by atoms with Crippen LogP contribution in [0.5, 0.6) is 5.75 Å². The molecular weight excluding hydrogens is 278 g/mol. The first-order valence-electron chi connectivity index (χ1n) is 6.46. The molecule has 0 aliphatic heterocycles. The highest BCUT2D eigenvalue weighted by atomic mass is 32.2. The second-order valence-corrected chi connectivity index (χ2v) is 6.54. The van der Waals surface area contributed by atoms with E-state index in [2.05, 4.69) is 4.72 Å². The molecule has 0 bridgehead atoms. The van der Waals surface area contributed by atoms with E-state index >= 15 is 0 Å². The van der Waals surface area contributed by atoms with Crippen LogP contribution in [0.1, 0.15) is 6.92 Å². The van der Waals surface area contributed by atoms with E-state index in [1.54, 1.807) is 12.1 Å². The van der Waals surface area contributed by atoms with Crippen molar-refractivity contribution < 1.29 is 13.2 Å². The minimum atomic E-state index is -3.48. The van der Waals surface area contributed by atoms with E-state index in [-0.39, 0.29) is 10.9 Å². The lowest BCUT2D eigenvalue weighted by molar-refractivity contribution is 0.314. The number of rotatable bonds is 8. The first-order valence-corrected chi connectivity index (χ1v) is 7.94. The van der Waals surface area contributed by atoms with Crippen molar-refractivity contribution in [1.29, 1.82) is 0 Å². The molecule has 0 aliphatic rings. The van der Waals surface area contributed by atoms with Gasteiger partial charge >= 0.3 is 0 Å². The van der Waals surface area contributed by atoms with Crippen LogP contribution >= 0.6 is 0 Å². The fourth-order valence-electron chi connectivity index (χ4n) is 1.39. The molecule has 1 atom stereocenters. The normalized spacial score (nSPS) is 13.4. The standard InChI is InChI=1S/C13H23N3O3S/c1-11(16(2)3)10-15-20(17,18)13-6-4-12(5-7-13)19-9-8-14/h4-7,11,15H,8-10,14H2,1-3H3. The summed E-state index contributed by atoms with van der Waals surface area (Å²) in [6, 6.07) is 6.42. The topological polar surface area (TPSA) is 84.7 Å². The number of nitrogens with zero attached hydrogens (tertiary/aromatic N) is 1. The number of sulfonamides is 1. The fourth-order valence-corrected chi connectivity index (χ4v) is 2.51. The Morgan fingerprint density at radius 2 is 1.90 bits per heavy atom. The van der Waals surface area contributed by atoms with Crippen LogP contribution in [-0.2, 0) is 10.0 Å². The highest BCUT2D eigenvalue weighted by Crippen LogP contribution is 2.15. The third kappa shape index (κ3) is 5.09. The largest absolute Gasteiger partial charge is 0.492 e. The summed E-state index contributed by atoms with van der Waals surface area (Å²) in [5.41, 5.74) is 5.33. The Morgan fingerprint density at radius 3 is 2.40 bits per heavy atom. The van der Waals surface area contributed by atoms with Crippen molar-refractivity contribution in [2.45, 2.75) is 17.9 Å². The molecule has 0 aliphatic carbocycles. The lowest BCUT2D eigenvalue weighted by Crippen LogP contribution is -2.38. The Morgan fingerprint density at radius 1 is 1.30 bits per heavy atom. The second kappa shape index (κ2) is 7.58. The minimum Gasteiger partial charge on any atom is -0.492 e. The van der Waals surface area contributed by atoms with Gasteiger partial charge in [0, 0.05) is 19.1 Å². The van der Waals surface area contributed by atoms with Crippen molar-refractivity contribution in [3.05, 3.63) is 24.3 Å². The highest BCUT2D eigenvalue weighted by molar-refractivity contribution is 7.89. The minimum absolute atomic E-state index is 0.122. The molecule has 0 amide bonds. The van der Waals surface area contributed by atoms with Gasteiger partial charge in [-0.15, -0.1) is 0 Å². The lowest BCUT2D eigenvalue weighted by atomic mass is 10.3. The van der Waals surface area contributed by atoms with Gasteiger partial charge < -0.3 is 15.4 Å². The van der Waals surface area contributed by atoms with Gasteiger partial charge in [-0.2, -0.15) is 0 Å². The van der Waals surface area contributed by atoms with Gasteiger partial charge in [-0.05, 0) is 45.3 Å². The van der Waals surface area contributed by atoms with Gasteiger partial charge in [-0.1, -0.05) is 0 Å². The molecule has 0 spiro atoms. The van der Waals surface area contributed by atoms with Crippen molar-refractivity contribution in [2.75, 3.05) is 33.8 Å². The first-order chi connectivity index (χ1) is 9.36. The second-order valence-electron chi connectivity index (χ2n) is 4.77. The Kier molecular flexibility index (Phi) is 6.41. The fraction of sp³-hybridized carbons (Fsp3) is 0.538. The average Bonchev–Trinajstić information content (AvgIpc) is 2.43. The van der Waals surface area contributed by atoms with Gasteiger partial charge in [-0.3, -0.25) is 0 Å². The Hall–Kier alpha value is -1.15. The number of likely N-dealkylation sites (N-methyl/N-ethyl adjacent to an activating group) is 1. The molecule has 0 saturated carbocycles. The van der Waals surface area contributed by atoms with Crippen LogP contribution in [0.2, 0.25) is 0 Å². The molecule has 0 fully saturated rings. The summed E-state index contributed by atoms with van der Waals surface area (Å²) in [4.78, 5) is 2.18. The van der Waals surface area contributed by atoms with Gasteiger partial charge in [0.2, 0.25) is 10.0 Å². The van der Waals surface area contributed by atoms with Crippen LogP contribution in [0, 0.1) is 0 Å². The Balaban J connectivity index is 2.68. The van der Waals surface area contributed by atoms with E-state index in [1.807, 2.05) is 25.9 Å². The van der Waals surface area contributed by atoms with Gasteiger partial charge in [0.05, 0.1) is 4.90 Å². The summed E-state index contributed by atoms with van der Waals surface area (Å²) in [5, 5.41) is 0. The van der Waals surface area contributed by atoms with Crippen LogP contribution in [0.4, 0.5) is 0 Å². The predicted molar refractivity (Wildman–Crippen MR) is 79.3 cm³/mol. The SMILES string of the molecule is CC(CNS(=O)(=O)c1ccc(OCCN)cc1)N(C)C. The predicted octanol–water partition coefficient (Wildman–Crippen LogP) is 0.253. The van der Waals surface area contributed by atoms with Gasteiger partial charge in [0.15, 0.2) is 0 Å². The quantitative estimate of drug-likeness (QED) is 0.719. The van der Waals surface area contributed by atoms with Gasteiger partial charge in [0.25, 0.3) is 0 Å². The maximum atomic E-state index is 12.1. The van der Waals surface area contributed by atoms with Gasteiger partial charge in [0.1, 0.15) is 12.4 Å². The number of benzene rings is 1. The summed E-state index contributed by atoms with van der Waals surface area (Å²) in [6.07, 6.45) is 0. The van der Waals surface area contributed by atoms with E-state index in [0.29, 0.717) is 25.4 Å². The lowest BCUT2D eigenvalue weighted by Gasteiger charge is -2.20. The number of hydrogen-bond acceptors (Lipinski definition) is 5. The zero-order chi connectivity index (χ0) is 15.2. The molecule has 20 heavy (non-hydrogen) atoms. The number of ether oxygens (including phenoxy) is 1. The average molecular weight is 301 g/mol. The van der Waals surface area contributed by atoms with Crippen molar-refractivity contribution in [3.63, 3.8) is 0 Å². The van der Waals surface area contributed by atoms with E-state index in [9.17, 15) is 8.42 Å². The van der Waals surface area contributed by atoms with E-state index in [1.165, 1.54) is 12.1 Å². The summed E-state index contributed by atoms with van der Waals surface area (Å²) in [7, 11) is 0.328. The molecule has 0 saturated heterocycles. The third-order valence-corrected chi connectivity index (χ3v) is 4.41. The number of nitrogens with two attached hydrogens (primary N) is 1. The summed E-state index contributed by atoms with van der Waals surface area (Å²) >= 11 is 0. The molecule has 0 aromatic heterocycles. The smallest absolute Gasteiger partial charge is 0.240 e. The molecule has 7 heteroatoms. The van der Waals surface area contributed by atoms with Crippen molar-refractivity contribution in [2.24, 2.45) is 5.73 Å². The summed E-state index contributed by atoms with van der Waals surface area (Å²) in [6.45, 7) is 3.14. The molecule has 1 aromatic carbocycles. The maximum Gasteiger partial charge on any atom is 0.240 e. The van der Waals surface area contributed by atoms with Crippen LogP contribution in [-0.4, -0.2) is 53.2 Å². The summed E-state index contributed by atoms with van der Waals surface area (Å²) in [5.74, 6) is 0.607. The van der Waals surface area contributed by atoms with Crippen LogP contribution in [0.25, 0.3) is 0 Å². The third-order valence-electron chi connectivity index (χ3n) is 2.97. The zero-order valence-corrected chi connectivity index (χ0v) is 13.0. The van der Waals surface area contributed by atoms with Crippen LogP contribution < -0.4 is 15.2 Å². The molecular formula is C13H23N3O3S. The molecule has 1 rings (SSSR count). The van der Waals surface area contributed by atoms with Crippen molar-refractivity contribution in [1.82, 2.24) is 9.62 Å². The van der Waals surface area contributed by atoms with Crippen LogP contribution in [0.3, 0.4) is 0 Å². The molecule has 1 unspecified atom stereocenters. The highest BCUT2D eigenvalue weighted by Gasteiger charge is 2.15. The van der Waals surface area contributed by atoms with E-state index in [4.69, 9.17) is 10.5 Å². The Bertz CT molecular complexity index is 500. The molecule has 6 nitrogen and oxygen atoms in total. The first kappa shape index (κ1) is 16.9. The monoisotopic (exact) mass is 301 g/mol. The van der Waals surface area contributed by atoms with Crippen molar-refractivity contribution in [3.8, 4) is 5.75 Å². The van der Waals surface area contributed by atoms with Gasteiger partial charge in [-0.25, -0.2) is 13.1 Å². The van der Waals surface area contributed by atoms with Crippen molar-refractivity contribution >= 4 is 10.0 Å².